The Morgan fingerprint density at radius 2 is 0.585 bits per heavy atom. The van der Waals surface area contributed by atoms with E-state index in [2.05, 4.69) is 6.92 Å². The van der Waals surface area contributed by atoms with Crippen molar-refractivity contribution < 1.29 is 67.4 Å². The maximum atomic E-state index is 9.15. The van der Waals surface area contributed by atoms with Crippen LogP contribution in [0.15, 0.2) is 24.3 Å². The van der Waals surface area contributed by atoms with Gasteiger partial charge in [0.25, 0.3) is 0 Å². The molecule has 1 aromatic carbocycles. The summed E-state index contributed by atoms with van der Waals surface area (Å²) in [5.41, 5.74) is 1.34. The Balaban J connectivity index is 0.00000139. The Labute approximate surface area is 319 Å². The van der Waals surface area contributed by atoms with Crippen LogP contribution >= 0.6 is 0 Å². The number of phenols is 1. The van der Waals surface area contributed by atoms with Crippen LogP contribution in [-0.2, 0) is 58.5 Å². The highest BCUT2D eigenvalue weighted by Gasteiger charge is 1.97. The van der Waals surface area contributed by atoms with Crippen molar-refractivity contribution in [1.29, 1.82) is 0 Å². The molecule has 0 unspecified atom stereocenters. The molecule has 0 aliphatic carbocycles. The van der Waals surface area contributed by atoms with Crippen LogP contribution in [0.1, 0.15) is 57.4 Å². The quantitative estimate of drug-likeness (QED) is 0.0824. The van der Waals surface area contributed by atoms with Gasteiger partial charge in [-0.1, -0.05) is 57.6 Å². The van der Waals surface area contributed by atoms with Crippen LogP contribution in [0.2, 0.25) is 0 Å². The number of phenolic OH excluding ortho intramolecular Hbond substituents is 1. The molecule has 0 aliphatic heterocycles. The summed E-state index contributed by atoms with van der Waals surface area (Å²) in [7, 11) is 0. The molecule has 0 aromatic heterocycles. The van der Waals surface area contributed by atoms with Gasteiger partial charge >= 0.3 is 0 Å². The molecule has 53 heavy (non-hydrogen) atoms. The molecule has 0 aliphatic rings. The highest BCUT2D eigenvalue weighted by Crippen LogP contribution is 2.13. The van der Waals surface area contributed by atoms with Crippen molar-refractivity contribution >= 4 is 0 Å². The summed E-state index contributed by atoms with van der Waals surface area (Å²) in [6.07, 6.45) is 10.6. The van der Waals surface area contributed by atoms with Gasteiger partial charge in [-0.2, -0.15) is 0 Å². The Bertz CT molecular complexity index is 756. The molecular formula is C39H74O14. The standard InChI is InChI=1S/C24H50O13.C15H24O/c25-1-3-27-5-7-29-9-11-31-13-15-33-17-19-35-21-23-37-24-22-36-20-18-34-16-14-32-12-10-30-8-6-28-4-2-26;1-2-3-4-5-6-7-8-9-14-10-12-15(16)13-11-14/h25-26H,1-24H2;10-13,16H,2-9H2,1H3. The maximum Gasteiger partial charge on any atom is 0.115 e. The van der Waals surface area contributed by atoms with E-state index >= 15 is 0 Å². The van der Waals surface area contributed by atoms with Crippen molar-refractivity contribution in [2.24, 2.45) is 0 Å². The zero-order valence-corrected chi connectivity index (χ0v) is 32.8. The molecule has 0 amide bonds. The smallest absolute Gasteiger partial charge is 0.115 e. The molecule has 0 heterocycles. The second kappa shape index (κ2) is 46.7. The number of hydrogen-bond donors (Lipinski definition) is 3. The number of aliphatic hydroxyl groups excluding tert-OH is 2. The van der Waals surface area contributed by atoms with Crippen LogP contribution in [-0.4, -0.2) is 174 Å². The molecule has 0 saturated carbocycles. The first-order chi connectivity index (χ1) is 26.2. The number of benzene rings is 1. The van der Waals surface area contributed by atoms with E-state index in [0.29, 0.717) is 151 Å². The molecule has 314 valence electrons. The largest absolute Gasteiger partial charge is 0.508 e. The van der Waals surface area contributed by atoms with Gasteiger partial charge in [0.1, 0.15) is 5.75 Å². The molecular weight excluding hydrogens is 692 g/mol. The lowest BCUT2D eigenvalue weighted by Gasteiger charge is -2.09. The summed E-state index contributed by atoms with van der Waals surface area (Å²) in [5.74, 6) is 0.364. The van der Waals surface area contributed by atoms with E-state index in [9.17, 15) is 0 Å². The minimum Gasteiger partial charge on any atom is -0.508 e. The number of hydrogen-bond acceptors (Lipinski definition) is 14. The lowest BCUT2D eigenvalue weighted by atomic mass is 10.0. The van der Waals surface area contributed by atoms with E-state index in [1.165, 1.54) is 50.5 Å². The van der Waals surface area contributed by atoms with Crippen molar-refractivity contribution in [2.75, 3.05) is 159 Å². The number of unbranched alkanes of at least 4 members (excludes halogenated alkanes) is 6. The third-order valence-electron chi connectivity index (χ3n) is 7.20. The number of ether oxygens (including phenoxy) is 11. The maximum absolute atomic E-state index is 9.15. The molecule has 0 spiro atoms. The highest BCUT2D eigenvalue weighted by atomic mass is 16.6. The Kier molecular flexibility index (Phi) is 45.3. The average molecular weight is 767 g/mol. The fraction of sp³-hybridized carbons (Fsp3) is 0.846. The highest BCUT2D eigenvalue weighted by molar-refractivity contribution is 5.25. The summed E-state index contributed by atoms with van der Waals surface area (Å²) < 4.78 is 58.7. The summed E-state index contributed by atoms with van der Waals surface area (Å²) in [6, 6.07) is 7.59. The van der Waals surface area contributed by atoms with Gasteiger partial charge in [-0.3, -0.25) is 0 Å². The molecule has 1 aromatic rings. The second-order valence-corrected chi connectivity index (χ2v) is 11.7. The zero-order chi connectivity index (χ0) is 38.4. The van der Waals surface area contributed by atoms with Crippen molar-refractivity contribution in [3.63, 3.8) is 0 Å². The molecule has 14 heteroatoms. The van der Waals surface area contributed by atoms with Crippen LogP contribution in [0, 0.1) is 0 Å². The minimum atomic E-state index is 0.0253. The molecule has 1 rings (SSSR count). The number of aromatic hydroxyl groups is 1. The van der Waals surface area contributed by atoms with Crippen LogP contribution < -0.4 is 0 Å². The Morgan fingerprint density at radius 3 is 0.849 bits per heavy atom. The summed E-state index contributed by atoms with van der Waals surface area (Å²) in [5, 5.41) is 26.3. The lowest BCUT2D eigenvalue weighted by molar-refractivity contribution is -0.0281. The van der Waals surface area contributed by atoms with Crippen LogP contribution in [0.5, 0.6) is 5.75 Å². The molecule has 0 bridgehead atoms. The van der Waals surface area contributed by atoms with E-state index in [4.69, 9.17) is 67.4 Å². The van der Waals surface area contributed by atoms with Crippen LogP contribution in [0.4, 0.5) is 0 Å². The predicted molar refractivity (Wildman–Crippen MR) is 203 cm³/mol. The summed E-state index contributed by atoms with van der Waals surface area (Å²) >= 11 is 0. The topological polar surface area (TPSA) is 162 Å². The molecule has 0 radical (unpaired) electrons. The fourth-order valence-electron chi connectivity index (χ4n) is 4.38. The van der Waals surface area contributed by atoms with Gasteiger partial charge in [-0.25, -0.2) is 0 Å². The molecule has 0 fully saturated rings. The van der Waals surface area contributed by atoms with Crippen LogP contribution in [0.3, 0.4) is 0 Å². The number of aryl methyl sites for hydroxylation is 1. The first-order valence-electron chi connectivity index (χ1n) is 19.6. The van der Waals surface area contributed by atoms with E-state index < -0.39 is 0 Å². The molecule has 0 saturated heterocycles. The Hall–Kier alpha value is -1.50. The zero-order valence-electron chi connectivity index (χ0n) is 32.8. The van der Waals surface area contributed by atoms with E-state index in [0.717, 1.165) is 6.42 Å². The Morgan fingerprint density at radius 1 is 0.340 bits per heavy atom. The van der Waals surface area contributed by atoms with E-state index in [1.54, 1.807) is 12.1 Å². The van der Waals surface area contributed by atoms with Gasteiger partial charge in [0.2, 0.25) is 0 Å². The average Bonchev–Trinajstić information content (AvgIpc) is 3.17. The first kappa shape index (κ1) is 51.5. The van der Waals surface area contributed by atoms with Gasteiger partial charge in [-0.05, 0) is 30.5 Å². The monoisotopic (exact) mass is 767 g/mol. The van der Waals surface area contributed by atoms with Gasteiger partial charge < -0.3 is 67.4 Å². The summed E-state index contributed by atoms with van der Waals surface area (Å²) in [4.78, 5) is 0. The number of rotatable bonds is 42. The third kappa shape index (κ3) is 44.8. The molecule has 14 nitrogen and oxygen atoms in total. The van der Waals surface area contributed by atoms with E-state index in [1.807, 2.05) is 12.1 Å². The van der Waals surface area contributed by atoms with Gasteiger partial charge in [0.15, 0.2) is 0 Å². The minimum absolute atomic E-state index is 0.0253. The van der Waals surface area contributed by atoms with Crippen molar-refractivity contribution in [3.05, 3.63) is 29.8 Å². The normalized spacial score (nSPS) is 11.2. The van der Waals surface area contributed by atoms with E-state index in [-0.39, 0.29) is 13.2 Å². The fourth-order valence-corrected chi connectivity index (χ4v) is 4.38. The second-order valence-electron chi connectivity index (χ2n) is 11.7. The van der Waals surface area contributed by atoms with Crippen molar-refractivity contribution in [1.82, 2.24) is 0 Å². The first-order valence-corrected chi connectivity index (χ1v) is 19.6. The van der Waals surface area contributed by atoms with Gasteiger partial charge in [0.05, 0.1) is 159 Å². The van der Waals surface area contributed by atoms with Gasteiger partial charge in [-0.15, -0.1) is 0 Å². The van der Waals surface area contributed by atoms with Gasteiger partial charge in [0, 0.05) is 0 Å². The third-order valence-corrected chi connectivity index (χ3v) is 7.20. The summed E-state index contributed by atoms with van der Waals surface area (Å²) in [6.45, 7) is 13.0. The predicted octanol–water partition coefficient (Wildman–Crippen LogP) is 3.84. The molecule has 0 atom stereocenters. The SMILES string of the molecule is CCCCCCCCCc1ccc(O)cc1.OCCOCCOCCOCCOCCOCCOCCOCCOCCOCCOCCOCCO. The van der Waals surface area contributed by atoms with Crippen molar-refractivity contribution in [2.45, 2.75) is 58.3 Å². The van der Waals surface area contributed by atoms with Crippen molar-refractivity contribution in [3.8, 4) is 5.75 Å². The van der Waals surface area contributed by atoms with Crippen LogP contribution in [0.25, 0.3) is 0 Å². The molecule has 3 N–H and O–H groups in total. The lowest BCUT2D eigenvalue weighted by Crippen LogP contribution is -2.15. The number of aliphatic hydroxyl groups is 2.